The Kier molecular flexibility index (Phi) is 5.91. The van der Waals surface area contributed by atoms with E-state index in [0.717, 1.165) is 65.1 Å². The minimum Gasteiger partial charge on any atom is -0.492 e. The fourth-order valence-electron chi connectivity index (χ4n) is 2.60. The molecule has 5 nitrogen and oxygen atoms in total. The Morgan fingerprint density at radius 2 is 2.12 bits per heavy atom. The average molecular weight is 393 g/mol. The van der Waals surface area contributed by atoms with Gasteiger partial charge >= 0.3 is 0 Å². The number of benzene rings is 1. The first-order valence-corrected chi connectivity index (χ1v) is 9.05. The van der Waals surface area contributed by atoms with E-state index in [0.29, 0.717) is 13.2 Å². The number of aromatic nitrogens is 1. The molecule has 0 N–H and O–H groups in total. The van der Waals surface area contributed by atoms with E-state index in [2.05, 4.69) is 26.2 Å². The zero-order valence-corrected chi connectivity index (χ0v) is 15.3. The maximum absolute atomic E-state index is 5.86. The molecule has 0 fully saturated rings. The number of nitrogens with zero attached hydrogens (tertiary/aromatic N) is 2. The lowest BCUT2D eigenvalue weighted by Gasteiger charge is -2.09. The van der Waals surface area contributed by atoms with E-state index in [1.165, 1.54) is 0 Å². The molecule has 6 heteroatoms. The Hall–Kier alpha value is -1.82. The molecular weight excluding hydrogens is 372 g/mol. The number of halogens is 1. The highest BCUT2D eigenvalue weighted by molar-refractivity contribution is 9.10. The van der Waals surface area contributed by atoms with Gasteiger partial charge in [0.2, 0.25) is 0 Å². The molecule has 2 heterocycles. The standard InChI is InChI=1S/C18H21BrN2O3/c1-13-11-15(24-20-13)5-3-2-4-9-22-18-7-6-14(12-16(18)19)17-8-10-23-21-17/h6-7,11-12H,2-5,8-10H2,1H3. The molecule has 0 radical (unpaired) electrons. The van der Waals surface area contributed by atoms with E-state index in [1.807, 2.05) is 31.2 Å². The molecule has 0 saturated carbocycles. The molecule has 0 atom stereocenters. The minimum absolute atomic E-state index is 0.666. The molecule has 24 heavy (non-hydrogen) atoms. The first-order chi connectivity index (χ1) is 11.7. The Morgan fingerprint density at radius 1 is 1.21 bits per heavy atom. The fourth-order valence-corrected chi connectivity index (χ4v) is 3.09. The molecule has 128 valence electrons. The third kappa shape index (κ3) is 4.60. The predicted molar refractivity (Wildman–Crippen MR) is 95.5 cm³/mol. The van der Waals surface area contributed by atoms with Gasteiger partial charge in [0.1, 0.15) is 18.1 Å². The molecule has 1 aromatic heterocycles. The third-order valence-electron chi connectivity index (χ3n) is 3.87. The average Bonchev–Trinajstić information content (AvgIpc) is 3.23. The van der Waals surface area contributed by atoms with Crippen LogP contribution in [0.4, 0.5) is 0 Å². The number of unbranched alkanes of at least 4 members (excludes halogenated alkanes) is 2. The largest absolute Gasteiger partial charge is 0.492 e. The van der Waals surface area contributed by atoms with E-state index in [-0.39, 0.29) is 0 Å². The molecule has 3 rings (SSSR count). The first-order valence-electron chi connectivity index (χ1n) is 8.26. The van der Waals surface area contributed by atoms with Crippen LogP contribution in [0.3, 0.4) is 0 Å². The summed E-state index contributed by atoms with van der Waals surface area (Å²) in [5, 5.41) is 7.94. The van der Waals surface area contributed by atoms with Crippen LogP contribution in [0, 0.1) is 6.92 Å². The number of hydrogen-bond acceptors (Lipinski definition) is 5. The van der Waals surface area contributed by atoms with Gasteiger partial charge in [-0.2, -0.15) is 0 Å². The van der Waals surface area contributed by atoms with Crippen molar-refractivity contribution in [2.75, 3.05) is 13.2 Å². The van der Waals surface area contributed by atoms with Crippen LogP contribution in [0.25, 0.3) is 0 Å². The Bertz CT molecular complexity index is 712. The zero-order chi connectivity index (χ0) is 16.8. The summed E-state index contributed by atoms with van der Waals surface area (Å²) in [5.74, 6) is 1.83. The number of hydrogen-bond donors (Lipinski definition) is 0. The highest BCUT2D eigenvalue weighted by Crippen LogP contribution is 2.27. The minimum atomic E-state index is 0.666. The van der Waals surface area contributed by atoms with Gasteiger partial charge in [0.05, 0.1) is 22.5 Å². The van der Waals surface area contributed by atoms with Crippen molar-refractivity contribution in [2.24, 2.45) is 5.16 Å². The van der Waals surface area contributed by atoms with Gasteiger partial charge in [-0.1, -0.05) is 10.3 Å². The van der Waals surface area contributed by atoms with E-state index >= 15 is 0 Å². The van der Waals surface area contributed by atoms with Crippen LogP contribution in [0.2, 0.25) is 0 Å². The summed E-state index contributed by atoms with van der Waals surface area (Å²) in [5.41, 5.74) is 3.01. The van der Waals surface area contributed by atoms with Crippen molar-refractivity contribution in [2.45, 2.75) is 39.0 Å². The van der Waals surface area contributed by atoms with Gasteiger partial charge in [-0.15, -0.1) is 0 Å². The van der Waals surface area contributed by atoms with Crippen LogP contribution in [0.5, 0.6) is 5.75 Å². The SMILES string of the molecule is Cc1cc(CCCCCOc2ccc(C3=NOCC3)cc2Br)on1. The molecule has 1 aliphatic heterocycles. The monoisotopic (exact) mass is 392 g/mol. The van der Waals surface area contributed by atoms with Gasteiger partial charge < -0.3 is 14.1 Å². The van der Waals surface area contributed by atoms with E-state index < -0.39 is 0 Å². The van der Waals surface area contributed by atoms with Crippen LogP contribution in [-0.4, -0.2) is 24.1 Å². The van der Waals surface area contributed by atoms with Crippen molar-refractivity contribution in [1.82, 2.24) is 5.16 Å². The van der Waals surface area contributed by atoms with E-state index in [4.69, 9.17) is 14.1 Å². The van der Waals surface area contributed by atoms with Gasteiger partial charge in [-0.05, 0) is 60.3 Å². The summed E-state index contributed by atoms with van der Waals surface area (Å²) < 4.78 is 12.0. The Morgan fingerprint density at radius 3 is 2.83 bits per heavy atom. The number of aryl methyl sites for hydroxylation is 2. The number of oxime groups is 1. The molecule has 0 aliphatic carbocycles. The quantitative estimate of drug-likeness (QED) is 0.612. The Balaban J connectivity index is 1.38. The topological polar surface area (TPSA) is 56.9 Å². The highest BCUT2D eigenvalue weighted by Gasteiger charge is 2.12. The van der Waals surface area contributed by atoms with Gasteiger partial charge in [0.25, 0.3) is 0 Å². The van der Waals surface area contributed by atoms with Gasteiger partial charge in [-0.3, -0.25) is 0 Å². The summed E-state index contributed by atoms with van der Waals surface area (Å²) >= 11 is 3.57. The summed E-state index contributed by atoms with van der Waals surface area (Å²) in [7, 11) is 0. The highest BCUT2D eigenvalue weighted by atomic mass is 79.9. The lowest BCUT2D eigenvalue weighted by atomic mass is 10.1. The normalized spacial score (nSPS) is 13.7. The molecule has 1 aromatic carbocycles. The van der Waals surface area contributed by atoms with Crippen LogP contribution >= 0.6 is 15.9 Å². The number of rotatable bonds is 8. The second-order valence-corrected chi connectivity index (χ2v) is 6.71. The van der Waals surface area contributed by atoms with Crippen LogP contribution < -0.4 is 4.74 Å². The van der Waals surface area contributed by atoms with Gasteiger partial charge in [0.15, 0.2) is 0 Å². The van der Waals surface area contributed by atoms with Crippen molar-refractivity contribution in [1.29, 1.82) is 0 Å². The van der Waals surface area contributed by atoms with Crippen molar-refractivity contribution >= 4 is 21.6 Å². The van der Waals surface area contributed by atoms with Crippen molar-refractivity contribution < 1.29 is 14.1 Å². The number of ether oxygens (including phenoxy) is 1. The second-order valence-electron chi connectivity index (χ2n) is 5.86. The molecule has 2 aromatic rings. The van der Waals surface area contributed by atoms with E-state index in [9.17, 15) is 0 Å². The zero-order valence-electron chi connectivity index (χ0n) is 13.8. The molecule has 1 aliphatic rings. The second kappa shape index (κ2) is 8.33. The lowest BCUT2D eigenvalue weighted by molar-refractivity contribution is 0.174. The molecule has 0 amide bonds. The fraction of sp³-hybridized carbons (Fsp3) is 0.444. The van der Waals surface area contributed by atoms with Gasteiger partial charge in [0, 0.05) is 24.5 Å². The van der Waals surface area contributed by atoms with E-state index in [1.54, 1.807) is 0 Å². The summed E-state index contributed by atoms with van der Waals surface area (Å²) in [6.45, 7) is 3.31. The molecular formula is C18H21BrN2O3. The Labute approximate surface area is 150 Å². The summed E-state index contributed by atoms with van der Waals surface area (Å²) in [4.78, 5) is 5.05. The van der Waals surface area contributed by atoms with Crippen molar-refractivity contribution in [3.05, 3.63) is 45.8 Å². The predicted octanol–water partition coefficient (Wildman–Crippen LogP) is 4.66. The van der Waals surface area contributed by atoms with Crippen molar-refractivity contribution in [3.8, 4) is 5.75 Å². The third-order valence-corrected chi connectivity index (χ3v) is 4.49. The van der Waals surface area contributed by atoms with Crippen LogP contribution in [0.15, 0.2) is 38.4 Å². The summed E-state index contributed by atoms with van der Waals surface area (Å²) in [6, 6.07) is 8.04. The molecule has 0 bridgehead atoms. The first kappa shape index (κ1) is 17.0. The molecule has 0 unspecified atom stereocenters. The lowest BCUT2D eigenvalue weighted by Crippen LogP contribution is -2.01. The van der Waals surface area contributed by atoms with Crippen molar-refractivity contribution in [3.63, 3.8) is 0 Å². The van der Waals surface area contributed by atoms with Crippen LogP contribution in [0.1, 0.15) is 42.7 Å². The molecule has 0 spiro atoms. The smallest absolute Gasteiger partial charge is 0.136 e. The maximum Gasteiger partial charge on any atom is 0.136 e. The van der Waals surface area contributed by atoms with Gasteiger partial charge in [-0.25, -0.2) is 0 Å². The summed E-state index contributed by atoms with van der Waals surface area (Å²) in [6.07, 6.45) is 4.99. The van der Waals surface area contributed by atoms with Crippen LogP contribution in [-0.2, 0) is 11.3 Å². The maximum atomic E-state index is 5.86. The molecule has 0 saturated heterocycles.